The van der Waals surface area contributed by atoms with E-state index in [1.165, 1.54) is 11.4 Å². The third-order valence-electron chi connectivity index (χ3n) is 2.67. The van der Waals surface area contributed by atoms with Crippen molar-refractivity contribution in [2.75, 3.05) is 7.05 Å². The van der Waals surface area contributed by atoms with Crippen molar-refractivity contribution < 1.29 is 8.42 Å². The number of hydrogen-bond acceptors (Lipinski definition) is 3. The molecule has 0 saturated heterocycles. The van der Waals surface area contributed by atoms with Crippen LogP contribution in [0.2, 0.25) is 0 Å². The zero-order valence-electron chi connectivity index (χ0n) is 10.2. The van der Waals surface area contributed by atoms with Gasteiger partial charge in [0.05, 0.1) is 17.4 Å². The van der Waals surface area contributed by atoms with Crippen molar-refractivity contribution in [3.05, 3.63) is 29.8 Å². The minimum atomic E-state index is -3.50. The standard InChI is InChI=1S/C12H16N2O2S/c1-10-5-4-6-12(9-10)17(15,16)14(3)11(2)7-8-13/h4-6,9,11H,7H2,1-3H3. The molecule has 1 aromatic rings. The van der Waals surface area contributed by atoms with Gasteiger partial charge in [-0.15, -0.1) is 0 Å². The molecule has 0 bridgehead atoms. The third kappa shape index (κ3) is 3.05. The maximum Gasteiger partial charge on any atom is 0.243 e. The lowest BCUT2D eigenvalue weighted by Gasteiger charge is -2.22. The predicted octanol–water partition coefficient (Wildman–Crippen LogP) is 1.92. The third-order valence-corrected chi connectivity index (χ3v) is 4.64. The van der Waals surface area contributed by atoms with Gasteiger partial charge in [0.25, 0.3) is 0 Å². The summed E-state index contributed by atoms with van der Waals surface area (Å²) in [6.07, 6.45) is 0.182. The lowest BCUT2D eigenvalue weighted by molar-refractivity contribution is 0.393. The van der Waals surface area contributed by atoms with Crippen molar-refractivity contribution in [3.8, 4) is 6.07 Å². The van der Waals surface area contributed by atoms with Gasteiger partial charge >= 0.3 is 0 Å². The van der Waals surface area contributed by atoms with E-state index in [1.807, 2.05) is 19.1 Å². The molecule has 1 unspecified atom stereocenters. The van der Waals surface area contributed by atoms with Gasteiger partial charge in [-0.2, -0.15) is 9.57 Å². The van der Waals surface area contributed by atoms with Gasteiger partial charge in [0.1, 0.15) is 0 Å². The number of nitrogens with zero attached hydrogens (tertiary/aromatic N) is 2. The first-order valence-corrected chi connectivity index (χ1v) is 6.75. The summed E-state index contributed by atoms with van der Waals surface area (Å²) in [6, 6.07) is 8.40. The van der Waals surface area contributed by atoms with Crippen LogP contribution in [-0.2, 0) is 10.0 Å². The lowest BCUT2D eigenvalue weighted by Crippen LogP contribution is -2.34. The molecule has 0 spiro atoms. The van der Waals surface area contributed by atoms with Crippen LogP contribution in [0.1, 0.15) is 18.9 Å². The van der Waals surface area contributed by atoms with Crippen molar-refractivity contribution in [2.45, 2.75) is 31.2 Å². The molecular formula is C12H16N2O2S. The Morgan fingerprint density at radius 2 is 2.12 bits per heavy atom. The van der Waals surface area contributed by atoms with Crippen LogP contribution in [0, 0.1) is 18.3 Å². The summed E-state index contributed by atoms with van der Waals surface area (Å²) in [7, 11) is -2.00. The average molecular weight is 252 g/mol. The Hall–Kier alpha value is -1.38. The molecule has 0 amide bonds. The minimum Gasteiger partial charge on any atom is -0.207 e. The molecule has 0 aliphatic carbocycles. The fourth-order valence-corrected chi connectivity index (χ4v) is 2.91. The Balaban J connectivity index is 3.08. The average Bonchev–Trinajstić information content (AvgIpc) is 2.28. The number of hydrogen-bond donors (Lipinski definition) is 0. The molecule has 0 aliphatic rings. The molecule has 1 rings (SSSR count). The highest BCUT2D eigenvalue weighted by Crippen LogP contribution is 2.18. The van der Waals surface area contributed by atoms with Gasteiger partial charge in [-0.05, 0) is 31.5 Å². The molecule has 0 radical (unpaired) electrons. The minimum absolute atomic E-state index is 0.182. The first-order chi connectivity index (χ1) is 7.89. The van der Waals surface area contributed by atoms with Crippen LogP contribution in [0.5, 0.6) is 0 Å². The van der Waals surface area contributed by atoms with E-state index in [0.29, 0.717) is 0 Å². The normalized spacial score (nSPS) is 13.4. The number of nitriles is 1. The van der Waals surface area contributed by atoms with Crippen molar-refractivity contribution >= 4 is 10.0 Å². The highest BCUT2D eigenvalue weighted by atomic mass is 32.2. The molecule has 92 valence electrons. The largest absolute Gasteiger partial charge is 0.243 e. The zero-order valence-corrected chi connectivity index (χ0v) is 11.0. The second-order valence-corrected chi connectivity index (χ2v) is 6.05. The first-order valence-electron chi connectivity index (χ1n) is 5.31. The van der Waals surface area contributed by atoms with Crippen LogP contribution in [0.3, 0.4) is 0 Å². The highest BCUT2D eigenvalue weighted by molar-refractivity contribution is 7.89. The van der Waals surface area contributed by atoms with E-state index in [2.05, 4.69) is 0 Å². The summed E-state index contributed by atoms with van der Waals surface area (Å²) >= 11 is 0. The van der Waals surface area contributed by atoms with E-state index < -0.39 is 10.0 Å². The molecule has 0 saturated carbocycles. The number of rotatable bonds is 4. The fraction of sp³-hybridized carbons (Fsp3) is 0.417. The molecule has 4 nitrogen and oxygen atoms in total. The smallest absolute Gasteiger partial charge is 0.207 e. The molecule has 17 heavy (non-hydrogen) atoms. The number of benzene rings is 1. The fourth-order valence-electron chi connectivity index (χ4n) is 1.44. The Kier molecular flexibility index (Phi) is 4.27. The Morgan fingerprint density at radius 3 is 2.65 bits per heavy atom. The lowest BCUT2D eigenvalue weighted by atomic mass is 10.2. The molecule has 0 aromatic heterocycles. The van der Waals surface area contributed by atoms with E-state index in [-0.39, 0.29) is 17.4 Å². The van der Waals surface area contributed by atoms with Crippen molar-refractivity contribution in [1.29, 1.82) is 5.26 Å². The van der Waals surface area contributed by atoms with Gasteiger partial charge in [0.15, 0.2) is 0 Å². The van der Waals surface area contributed by atoms with Crippen molar-refractivity contribution in [1.82, 2.24) is 4.31 Å². The van der Waals surface area contributed by atoms with Crippen LogP contribution >= 0.6 is 0 Å². The molecule has 0 fully saturated rings. The first kappa shape index (κ1) is 13.7. The van der Waals surface area contributed by atoms with E-state index >= 15 is 0 Å². The Morgan fingerprint density at radius 1 is 1.47 bits per heavy atom. The summed E-state index contributed by atoms with van der Waals surface area (Å²) in [5, 5.41) is 8.59. The van der Waals surface area contributed by atoms with Gasteiger partial charge in [-0.1, -0.05) is 12.1 Å². The van der Waals surface area contributed by atoms with Crippen LogP contribution in [0.25, 0.3) is 0 Å². The second kappa shape index (κ2) is 5.30. The number of aryl methyl sites for hydroxylation is 1. The van der Waals surface area contributed by atoms with Gasteiger partial charge in [0, 0.05) is 13.1 Å². The van der Waals surface area contributed by atoms with E-state index in [4.69, 9.17) is 5.26 Å². The topological polar surface area (TPSA) is 61.2 Å². The summed E-state index contributed by atoms with van der Waals surface area (Å²) < 4.78 is 25.7. The molecule has 0 N–H and O–H groups in total. The number of sulfonamides is 1. The summed E-state index contributed by atoms with van der Waals surface area (Å²) in [6.45, 7) is 3.56. The van der Waals surface area contributed by atoms with Crippen LogP contribution < -0.4 is 0 Å². The van der Waals surface area contributed by atoms with Gasteiger partial charge in [-0.3, -0.25) is 0 Å². The predicted molar refractivity (Wildman–Crippen MR) is 65.8 cm³/mol. The van der Waals surface area contributed by atoms with E-state index in [1.54, 1.807) is 25.1 Å². The second-order valence-electron chi connectivity index (χ2n) is 4.05. The summed E-state index contributed by atoms with van der Waals surface area (Å²) in [5.74, 6) is 0. The van der Waals surface area contributed by atoms with Crippen LogP contribution in [0.15, 0.2) is 29.2 Å². The Labute approximate surface area is 103 Å². The molecule has 1 aromatic carbocycles. The van der Waals surface area contributed by atoms with Gasteiger partial charge in [-0.25, -0.2) is 8.42 Å². The van der Waals surface area contributed by atoms with Gasteiger partial charge in [0.2, 0.25) is 10.0 Å². The molecule has 0 heterocycles. The molecule has 0 aliphatic heterocycles. The zero-order chi connectivity index (χ0) is 13.1. The van der Waals surface area contributed by atoms with Crippen LogP contribution in [-0.4, -0.2) is 25.8 Å². The maximum atomic E-state index is 12.2. The summed E-state index contributed by atoms with van der Waals surface area (Å²) in [4.78, 5) is 0.268. The van der Waals surface area contributed by atoms with E-state index in [0.717, 1.165) is 5.56 Å². The highest BCUT2D eigenvalue weighted by Gasteiger charge is 2.24. The molecule has 5 heteroatoms. The summed E-state index contributed by atoms with van der Waals surface area (Å²) in [5.41, 5.74) is 0.896. The van der Waals surface area contributed by atoms with Gasteiger partial charge < -0.3 is 0 Å². The van der Waals surface area contributed by atoms with E-state index in [9.17, 15) is 8.42 Å². The maximum absolute atomic E-state index is 12.2. The van der Waals surface area contributed by atoms with Crippen molar-refractivity contribution in [2.24, 2.45) is 0 Å². The molecule has 1 atom stereocenters. The van der Waals surface area contributed by atoms with Crippen molar-refractivity contribution in [3.63, 3.8) is 0 Å². The SMILES string of the molecule is Cc1cccc(S(=O)(=O)N(C)C(C)CC#N)c1. The van der Waals surface area contributed by atoms with Crippen LogP contribution in [0.4, 0.5) is 0 Å². The quantitative estimate of drug-likeness (QED) is 0.822. The Bertz CT molecular complexity index is 532. The monoisotopic (exact) mass is 252 g/mol. The molecular weight excluding hydrogens is 236 g/mol.